The van der Waals surface area contributed by atoms with E-state index in [9.17, 15) is 4.79 Å². The Hall–Kier alpha value is -3.18. The molecule has 1 aliphatic rings. The van der Waals surface area contributed by atoms with Crippen LogP contribution in [0.25, 0.3) is 0 Å². The molecule has 10 heteroatoms. The van der Waals surface area contributed by atoms with Crippen LogP contribution < -0.4 is 19.5 Å². The zero-order valence-corrected chi connectivity index (χ0v) is 23.8. The van der Waals surface area contributed by atoms with Crippen molar-refractivity contribution < 1.29 is 23.7 Å². The van der Waals surface area contributed by atoms with Gasteiger partial charge in [0.25, 0.3) is 5.91 Å². The van der Waals surface area contributed by atoms with Crippen LogP contribution in [0.4, 0.5) is 0 Å². The lowest BCUT2D eigenvalue weighted by Gasteiger charge is -2.26. The summed E-state index contributed by atoms with van der Waals surface area (Å²) < 4.78 is 21.6. The number of rotatable bonds is 14. The maximum absolute atomic E-state index is 12.7. The van der Waals surface area contributed by atoms with E-state index >= 15 is 0 Å². The molecular weight excluding hydrogens is 516 g/mol. The minimum Gasteiger partial charge on any atom is -0.497 e. The SMILES string of the molecule is COc1ccc(CN(CCc2ccc(OC)c(OC)c2)Cc2nc(C(=O)NCCN3CCOCC3)cs2)cc1. The van der Waals surface area contributed by atoms with Gasteiger partial charge < -0.3 is 24.3 Å². The van der Waals surface area contributed by atoms with Crippen molar-refractivity contribution in [1.29, 1.82) is 0 Å². The minimum absolute atomic E-state index is 0.127. The quantitative estimate of drug-likeness (QED) is 0.324. The number of amides is 1. The Morgan fingerprint density at radius 2 is 1.74 bits per heavy atom. The van der Waals surface area contributed by atoms with E-state index in [1.54, 1.807) is 21.3 Å². The van der Waals surface area contributed by atoms with Gasteiger partial charge in [-0.15, -0.1) is 11.3 Å². The molecule has 1 aliphatic heterocycles. The van der Waals surface area contributed by atoms with Crippen molar-refractivity contribution in [1.82, 2.24) is 20.1 Å². The lowest BCUT2D eigenvalue weighted by Crippen LogP contribution is -2.41. The fourth-order valence-corrected chi connectivity index (χ4v) is 5.26. The predicted molar refractivity (Wildman–Crippen MR) is 152 cm³/mol. The highest BCUT2D eigenvalue weighted by molar-refractivity contribution is 7.09. The van der Waals surface area contributed by atoms with Crippen molar-refractivity contribution in [3.05, 3.63) is 69.7 Å². The number of thiazole rings is 1. The number of aromatic nitrogens is 1. The molecule has 9 nitrogen and oxygen atoms in total. The van der Waals surface area contributed by atoms with Crippen molar-refractivity contribution in [2.75, 3.05) is 67.3 Å². The van der Waals surface area contributed by atoms with Crippen molar-refractivity contribution in [2.24, 2.45) is 0 Å². The fraction of sp³-hybridized carbons (Fsp3) is 0.448. The van der Waals surface area contributed by atoms with E-state index in [-0.39, 0.29) is 5.91 Å². The van der Waals surface area contributed by atoms with E-state index in [4.69, 9.17) is 18.9 Å². The third-order valence-electron chi connectivity index (χ3n) is 6.69. The van der Waals surface area contributed by atoms with Gasteiger partial charge in [0.1, 0.15) is 16.5 Å². The van der Waals surface area contributed by atoms with Crippen molar-refractivity contribution >= 4 is 17.2 Å². The van der Waals surface area contributed by atoms with Gasteiger partial charge in [0.05, 0.1) is 41.1 Å². The Morgan fingerprint density at radius 3 is 2.46 bits per heavy atom. The van der Waals surface area contributed by atoms with Gasteiger partial charge in [0, 0.05) is 44.6 Å². The first-order chi connectivity index (χ1) is 19.1. The summed E-state index contributed by atoms with van der Waals surface area (Å²) in [6.45, 7) is 6.93. The lowest BCUT2D eigenvalue weighted by atomic mass is 10.1. The van der Waals surface area contributed by atoms with Crippen molar-refractivity contribution in [3.8, 4) is 17.2 Å². The number of morpholine rings is 1. The molecule has 0 saturated carbocycles. The first kappa shape index (κ1) is 28.8. The summed E-state index contributed by atoms with van der Waals surface area (Å²) in [4.78, 5) is 22.0. The third-order valence-corrected chi connectivity index (χ3v) is 7.52. The highest BCUT2D eigenvalue weighted by Crippen LogP contribution is 2.28. The summed E-state index contributed by atoms with van der Waals surface area (Å²) in [6, 6.07) is 14.1. The van der Waals surface area contributed by atoms with Crippen LogP contribution in [-0.2, 0) is 24.2 Å². The molecule has 0 aliphatic carbocycles. The van der Waals surface area contributed by atoms with Crippen LogP contribution in [-0.4, -0.2) is 88.0 Å². The maximum Gasteiger partial charge on any atom is 0.270 e. The molecule has 1 amide bonds. The lowest BCUT2D eigenvalue weighted by molar-refractivity contribution is 0.0383. The largest absolute Gasteiger partial charge is 0.497 e. The molecule has 0 spiro atoms. The molecule has 1 saturated heterocycles. The van der Waals surface area contributed by atoms with Crippen molar-refractivity contribution in [2.45, 2.75) is 19.5 Å². The Labute approximate surface area is 234 Å². The van der Waals surface area contributed by atoms with Crippen LogP contribution in [0.2, 0.25) is 0 Å². The number of nitrogens with one attached hydrogen (secondary N) is 1. The summed E-state index contributed by atoms with van der Waals surface area (Å²) in [5.41, 5.74) is 2.81. The normalized spacial score (nSPS) is 13.8. The molecule has 1 N–H and O–H groups in total. The molecule has 4 rings (SSSR count). The van der Waals surface area contributed by atoms with Crippen LogP contribution in [0, 0.1) is 0 Å². The number of nitrogens with zero attached hydrogens (tertiary/aromatic N) is 3. The molecule has 3 aromatic rings. The summed E-state index contributed by atoms with van der Waals surface area (Å²) >= 11 is 1.52. The van der Waals surface area contributed by atoms with E-state index in [1.807, 2.05) is 29.6 Å². The number of ether oxygens (including phenoxy) is 4. The third kappa shape index (κ3) is 8.66. The second-order valence-corrected chi connectivity index (χ2v) is 10.3. The molecule has 1 fully saturated rings. The highest BCUT2D eigenvalue weighted by Gasteiger charge is 2.16. The Balaban J connectivity index is 1.38. The average molecular weight is 555 g/mol. The Bertz CT molecular complexity index is 1180. The maximum atomic E-state index is 12.7. The van der Waals surface area contributed by atoms with Crippen LogP contribution in [0.15, 0.2) is 47.8 Å². The van der Waals surface area contributed by atoms with Crippen LogP contribution in [0.3, 0.4) is 0 Å². The first-order valence-electron chi connectivity index (χ1n) is 13.2. The van der Waals surface area contributed by atoms with E-state index < -0.39 is 0 Å². The molecule has 0 unspecified atom stereocenters. The number of hydrogen-bond acceptors (Lipinski definition) is 9. The molecular formula is C29H38N4O5S. The second kappa shape index (κ2) is 14.8. The molecule has 0 radical (unpaired) electrons. The van der Waals surface area contributed by atoms with Gasteiger partial charge in [-0.1, -0.05) is 18.2 Å². The van der Waals surface area contributed by atoms with E-state index in [1.165, 1.54) is 16.9 Å². The van der Waals surface area contributed by atoms with Gasteiger partial charge in [-0.25, -0.2) is 4.98 Å². The number of carbonyl (C=O) groups is 1. The van der Waals surface area contributed by atoms with E-state index in [0.717, 1.165) is 80.2 Å². The molecule has 2 heterocycles. The van der Waals surface area contributed by atoms with Gasteiger partial charge in [-0.3, -0.25) is 14.6 Å². The summed E-state index contributed by atoms with van der Waals surface area (Å²) in [5.74, 6) is 2.15. The number of hydrogen-bond donors (Lipinski definition) is 1. The monoisotopic (exact) mass is 554 g/mol. The first-order valence-corrected chi connectivity index (χ1v) is 14.0. The van der Waals surface area contributed by atoms with Crippen molar-refractivity contribution in [3.63, 3.8) is 0 Å². The Morgan fingerprint density at radius 1 is 1.00 bits per heavy atom. The standard InChI is InChI=1S/C29H38N4O5S/c1-35-24-7-4-23(5-8-24)19-33(12-10-22-6-9-26(36-2)27(18-22)37-3)20-28-31-25(21-39-28)29(34)30-11-13-32-14-16-38-17-15-32/h4-9,18,21H,10-17,19-20H2,1-3H3,(H,30,34). The molecule has 210 valence electrons. The van der Waals surface area contributed by atoms with Gasteiger partial charge in [-0.05, 0) is 41.8 Å². The zero-order valence-electron chi connectivity index (χ0n) is 23.0. The van der Waals surface area contributed by atoms with Gasteiger partial charge >= 0.3 is 0 Å². The molecule has 0 bridgehead atoms. The summed E-state index contributed by atoms with van der Waals surface area (Å²) in [6.07, 6.45) is 0.830. The molecule has 39 heavy (non-hydrogen) atoms. The van der Waals surface area contributed by atoms with Gasteiger partial charge in [-0.2, -0.15) is 0 Å². The van der Waals surface area contributed by atoms with Crippen LogP contribution in [0.1, 0.15) is 26.6 Å². The number of methoxy groups -OCH3 is 3. The molecule has 2 aromatic carbocycles. The smallest absolute Gasteiger partial charge is 0.270 e. The number of carbonyl (C=O) groups excluding carboxylic acids is 1. The average Bonchev–Trinajstić information content (AvgIpc) is 3.45. The van der Waals surface area contributed by atoms with Gasteiger partial charge in [0.15, 0.2) is 11.5 Å². The zero-order chi connectivity index (χ0) is 27.5. The minimum atomic E-state index is -0.127. The molecule has 1 aromatic heterocycles. The second-order valence-electron chi connectivity index (χ2n) is 9.33. The highest BCUT2D eigenvalue weighted by atomic mass is 32.1. The van der Waals surface area contributed by atoms with Crippen LogP contribution >= 0.6 is 11.3 Å². The summed E-state index contributed by atoms with van der Waals surface area (Å²) in [7, 11) is 4.96. The molecule has 0 atom stereocenters. The van der Waals surface area contributed by atoms with Crippen LogP contribution in [0.5, 0.6) is 17.2 Å². The number of benzene rings is 2. The summed E-state index contributed by atoms with van der Waals surface area (Å²) in [5, 5.41) is 5.76. The Kier molecular flexibility index (Phi) is 11.0. The fourth-order valence-electron chi connectivity index (χ4n) is 4.45. The van der Waals surface area contributed by atoms with E-state index in [0.29, 0.717) is 18.8 Å². The topological polar surface area (TPSA) is 85.4 Å². The van der Waals surface area contributed by atoms with E-state index in [2.05, 4.69) is 38.3 Å². The van der Waals surface area contributed by atoms with Gasteiger partial charge in [0.2, 0.25) is 0 Å². The predicted octanol–water partition coefficient (Wildman–Crippen LogP) is 3.48.